The lowest BCUT2D eigenvalue weighted by Gasteiger charge is -2.11. The van der Waals surface area contributed by atoms with E-state index in [4.69, 9.17) is 0 Å². The van der Waals surface area contributed by atoms with Crippen LogP contribution in [0, 0.1) is 37.6 Å². The largest absolute Gasteiger partial charge is 0.317 e. The minimum atomic E-state index is -0.686. The summed E-state index contributed by atoms with van der Waals surface area (Å²) in [5, 5.41) is 26.1. The number of aryl methyl sites for hydroxylation is 1. The van der Waals surface area contributed by atoms with Gasteiger partial charge in [-0.2, -0.15) is 5.10 Å². The maximum Gasteiger partial charge on any atom is 0.301 e. The Hall–Kier alpha value is -3.28. The van der Waals surface area contributed by atoms with E-state index in [2.05, 4.69) is 37.7 Å². The number of hydrazone groups is 1. The van der Waals surface area contributed by atoms with Gasteiger partial charge in [0, 0.05) is 26.6 Å². The van der Waals surface area contributed by atoms with Crippen LogP contribution >= 0.6 is 22.6 Å². The highest BCUT2D eigenvalue weighted by atomic mass is 127. The second-order valence-electron chi connectivity index (χ2n) is 6.20. The Kier molecular flexibility index (Phi) is 5.92. The van der Waals surface area contributed by atoms with Crippen LogP contribution in [0.15, 0.2) is 53.6 Å². The van der Waals surface area contributed by atoms with E-state index in [1.54, 1.807) is 6.21 Å². The fourth-order valence-corrected chi connectivity index (χ4v) is 3.60. The first-order valence-electron chi connectivity index (χ1n) is 8.45. The molecule has 9 nitrogen and oxygen atoms in total. The van der Waals surface area contributed by atoms with Crippen molar-refractivity contribution in [1.29, 1.82) is 0 Å². The number of nitro groups is 2. The molecule has 0 spiro atoms. The Balaban J connectivity index is 1.89. The van der Waals surface area contributed by atoms with E-state index in [-0.39, 0.29) is 11.4 Å². The van der Waals surface area contributed by atoms with Gasteiger partial charge >= 0.3 is 5.69 Å². The smallest absolute Gasteiger partial charge is 0.301 e. The zero-order chi connectivity index (χ0) is 21.1. The molecule has 0 aliphatic carbocycles. The molecule has 0 aliphatic rings. The number of nitrogens with zero attached hydrogens (tertiary/aromatic N) is 4. The first-order chi connectivity index (χ1) is 13.8. The minimum absolute atomic E-state index is 0.0725. The van der Waals surface area contributed by atoms with Crippen molar-refractivity contribution in [2.45, 2.75) is 13.8 Å². The summed E-state index contributed by atoms with van der Waals surface area (Å²) in [5.41, 5.74) is 5.81. The van der Waals surface area contributed by atoms with Crippen LogP contribution in [-0.2, 0) is 0 Å². The van der Waals surface area contributed by atoms with Crippen molar-refractivity contribution in [2.75, 3.05) is 5.43 Å². The summed E-state index contributed by atoms with van der Waals surface area (Å²) >= 11 is 2.28. The quantitative estimate of drug-likeness (QED) is 0.220. The molecule has 1 aromatic heterocycles. The molecular formula is C19H16IN5O4. The Morgan fingerprint density at radius 3 is 2.45 bits per heavy atom. The van der Waals surface area contributed by atoms with Crippen molar-refractivity contribution < 1.29 is 9.85 Å². The first-order valence-corrected chi connectivity index (χ1v) is 9.53. The molecule has 2 aromatic carbocycles. The van der Waals surface area contributed by atoms with Crippen molar-refractivity contribution in [2.24, 2.45) is 5.10 Å². The van der Waals surface area contributed by atoms with E-state index >= 15 is 0 Å². The summed E-state index contributed by atoms with van der Waals surface area (Å²) < 4.78 is 3.22. The zero-order valence-electron chi connectivity index (χ0n) is 15.5. The molecule has 29 heavy (non-hydrogen) atoms. The van der Waals surface area contributed by atoms with Gasteiger partial charge in [0.1, 0.15) is 5.69 Å². The van der Waals surface area contributed by atoms with Crippen LogP contribution in [-0.4, -0.2) is 20.6 Å². The summed E-state index contributed by atoms with van der Waals surface area (Å²) in [6.07, 6.45) is 1.57. The second-order valence-corrected chi connectivity index (χ2v) is 7.36. The molecule has 148 valence electrons. The van der Waals surface area contributed by atoms with E-state index in [9.17, 15) is 20.2 Å². The SMILES string of the molecule is Cc1cc(/C=N\Nc2ccc([N+](=O)[O-])cc2[N+](=O)[O-])c(C)n1-c1ccccc1I. The summed E-state index contributed by atoms with van der Waals surface area (Å²) in [6.45, 7) is 3.95. The molecule has 1 heterocycles. The molecule has 0 atom stereocenters. The van der Waals surface area contributed by atoms with Crippen molar-refractivity contribution in [3.8, 4) is 5.69 Å². The van der Waals surface area contributed by atoms with Gasteiger partial charge in [-0.3, -0.25) is 25.7 Å². The van der Waals surface area contributed by atoms with Crippen molar-refractivity contribution in [1.82, 2.24) is 4.57 Å². The molecule has 1 N–H and O–H groups in total. The third-order valence-corrected chi connectivity index (χ3v) is 5.25. The third kappa shape index (κ3) is 4.26. The molecule has 0 radical (unpaired) electrons. The van der Waals surface area contributed by atoms with Gasteiger partial charge in [0.25, 0.3) is 5.69 Å². The molecule has 0 saturated heterocycles. The molecule has 0 amide bonds. The molecular weight excluding hydrogens is 489 g/mol. The van der Waals surface area contributed by atoms with Gasteiger partial charge in [-0.25, -0.2) is 0 Å². The van der Waals surface area contributed by atoms with Crippen LogP contribution in [0.3, 0.4) is 0 Å². The van der Waals surface area contributed by atoms with Gasteiger partial charge in [0.15, 0.2) is 0 Å². The van der Waals surface area contributed by atoms with Crippen LogP contribution < -0.4 is 5.43 Å². The van der Waals surface area contributed by atoms with Gasteiger partial charge < -0.3 is 4.57 Å². The average molecular weight is 505 g/mol. The summed E-state index contributed by atoms with van der Waals surface area (Å²) in [6, 6.07) is 13.3. The van der Waals surface area contributed by atoms with E-state index in [0.29, 0.717) is 0 Å². The van der Waals surface area contributed by atoms with E-state index in [0.717, 1.165) is 32.3 Å². The molecule has 3 aromatic rings. The fraction of sp³-hybridized carbons (Fsp3) is 0.105. The van der Waals surface area contributed by atoms with Crippen LogP contribution in [0.4, 0.5) is 17.1 Å². The lowest BCUT2D eigenvalue weighted by atomic mass is 10.2. The number of nitrogens with one attached hydrogen (secondary N) is 1. The van der Waals surface area contributed by atoms with Crippen LogP contribution in [0.1, 0.15) is 17.0 Å². The summed E-state index contributed by atoms with van der Waals surface area (Å²) in [4.78, 5) is 20.7. The molecule has 0 aliphatic heterocycles. The number of non-ortho nitro benzene ring substituents is 1. The predicted octanol–water partition coefficient (Wildman–Crippen LogP) is 4.96. The van der Waals surface area contributed by atoms with Gasteiger partial charge in [-0.15, -0.1) is 0 Å². The Labute approximate surface area is 179 Å². The molecule has 0 saturated carbocycles. The standard InChI is InChI=1S/C19H16IN5O4/c1-12-9-14(13(2)23(12)18-6-4-3-5-16(18)20)11-21-22-17-8-7-15(24(26)27)10-19(17)25(28)29/h3-11,22H,1-2H3/b21-11-. The summed E-state index contributed by atoms with van der Waals surface area (Å²) in [5.74, 6) is 0. The van der Waals surface area contributed by atoms with Gasteiger partial charge in [0.2, 0.25) is 0 Å². The van der Waals surface area contributed by atoms with Crippen molar-refractivity contribution >= 4 is 45.9 Å². The number of para-hydroxylation sites is 1. The Bertz CT molecular complexity index is 1140. The molecule has 0 unspecified atom stereocenters. The number of rotatable bonds is 6. The Morgan fingerprint density at radius 1 is 1.07 bits per heavy atom. The van der Waals surface area contributed by atoms with E-state index < -0.39 is 15.5 Å². The van der Waals surface area contributed by atoms with Gasteiger partial charge in [-0.1, -0.05) is 12.1 Å². The highest BCUT2D eigenvalue weighted by Crippen LogP contribution is 2.29. The molecule has 0 bridgehead atoms. The second kappa shape index (κ2) is 8.39. The molecule has 10 heteroatoms. The maximum atomic E-state index is 11.2. The van der Waals surface area contributed by atoms with E-state index in [1.807, 2.05) is 44.2 Å². The van der Waals surface area contributed by atoms with Crippen LogP contribution in [0.2, 0.25) is 0 Å². The van der Waals surface area contributed by atoms with E-state index in [1.165, 1.54) is 12.1 Å². The minimum Gasteiger partial charge on any atom is -0.317 e. The van der Waals surface area contributed by atoms with Crippen molar-refractivity contribution in [3.63, 3.8) is 0 Å². The first kappa shape index (κ1) is 20.5. The maximum absolute atomic E-state index is 11.2. The van der Waals surface area contributed by atoms with Crippen LogP contribution in [0.5, 0.6) is 0 Å². The van der Waals surface area contributed by atoms with Gasteiger partial charge in [-0.05, 0) is 60.7 Å². The normalized spacial score (nSPS) is 11.0. The number of nitro benzene ring substituents is 2. The molecule has 3 rings (SSSR count). The highest BCUT2D eigenvalue weighted by molar-refractivity contribution is 14.1. The monoisotopic (exact) mass is 505 g/mol. The van der Waals surface area contributed by atoms with Gasteiger partial charge in [0.05, 0.1) is 27.8 Å². The van der Waals surface area contributed by atoms with Crippen molar-refractivity contribution in [3.05, 3.63) is 89.3 Å². The lowest BCUT2D eigenvalue weighted by molar-refractivity contribution is -0.393. The number of anilines is 1. The number of hydrogen-bond donors (Lipinski definition) is 1. The lowest BCUT2D eigenvalue weighted by Crippen LogP contribution is -2.02. The van der Waals surface area contributed by atoms with Crippen LogP contribution in [0.25, 0.3) is 5.69 Å². The average Bonchev–Trinajstić information content (AvgIpc) is 2.95. The highest BCUT2D eigenvalue weighted by Gasteiger charge is 2.19. The molecule has 0 fully saturated rings. The number of benzene rings is 2. The predicted molar refractivity (Wildman–Crippen MR) is 119 cm³/mol. The number of halogens is 1. The zero-order valence-corrected chi connectivity index (χ0v) is 17.7. The topological polar surface area (TPSA) is 116 Å². The third-order valence-electron chi connectivity index (χ3n) is 4.34. The number of hydrogen-bond acceptors (Lipinski definition) is 6. The summed E-state index contributed by atoms with van der Waals surface area (Å²) in [7, 11) is 0. The Morgan fingerprint density at radius 2 is 1.79 bits per heavy atom. The number of aromatic nitrogens is 1. The fourth-order valence-electron chi connectivity index (χ4n) is 2.97.